The fourth-order valence-electron chi connectivity index (χ4n) is 1.18. The van der Waals surface area contributed by atoms with Crippen molar-refractivity contribution in [2.75, 3.05) is 5.75 Å². The smallest absolute Gasteiger partial charge is 0.228 e. The van der Waals surface area contributed by atoms with Crippen LogP contribution in [0.5, 0.6) is 0 Å². The molecule has 0 aliphatic carbocycles. The highest BCUT2D eigenvalue weighted by Crippen LogP contribution is 2.25. The molecule has 1 aliphatic rings. The Bertz CT molecular complexity index is 409. The van der Waals surface area contributed by atoms with Crippen molar-refractivity contribution in [3.63, 3.8) is 0 Å². The van der Waals surface area contributed by atoms with Gasteiger partial charge < -0.3 is 0 Å². The number of nitrogens with zero attached hydrogens (tertiary/aromatic N) is 1. The van der Waals surface area contributed by atoms with Crippen LogP contribution in [0.3, 0.4) is 0 Å². The third kappa shape index (κ3) is 1.36. The number of sulfone groups is 1. The van der Waals surface area contributed by atoms with Crippen LogP contribution in [0.2, 0.25) is 0 Å². The first-order valence-corrected chi connectivity index (χ1v) is 6.05. The van der Waals surface area contributed by atoms with Crippen molar-refractivity contribution in [1.82, 2.24) is 4.98 Å². The molecule has 12 heavy (non-hydrogen) atoms. The lowest BCUT2D eigenvalue weighted by Crippen LogP contribution is -2.17. The van der Waals surface area contributed by atoms with E-state index in [4.69, 9.17) is 0 Å². The molecule has 6 heteroatoms. The van der Waals surface area contributed by atoms with E-state index in [1.54, 1.807) is 0 Å². The third-order valence-corrected chi connectivity index (χ3v) is 4.38. The Morgan fingerprint density at radius 3 is 3.00 bits per heavy atom. The zero-order valence-electron chi connectivity index (χ0n) is 6.08. The largest absolute Gasteiger partial charge is 0.269 e. The molecule has 0 N–H and O–H groups in total. The van der Waals surface area contributed by atoms with E-state index in [0.29, 0.717) is 17.0 Å². The first-order valence-electron chi connectivity index (χ1n) is 3.41. The van der Waals surface area contributed by atoms with Gasteiger partial charge in [-0.2, -0.15) is 4.39 Å². The van der Waals surface area contributed by atoms with Crippen LogP contribution in [0, 0.1) is 5.26 Å². The van der Waals surface area contributed by atoms with Crippen molar-refractivity contribution in [2.24, 2.45) is 0 Å². The molecule has 3 nitrogen and oxygen atoms in total. The topological polar surface area (TPSA) is 47.0 Å². The molecular formula is C6H6FNO2S2. The van der Waals surface area contributed by atoms with E-state index in [1.807, 2.05) is 0 Å². The van der Waals surface area contributed by atoms with E-state index < -0.39 is 15.1 Å². The summed E-state index contributed by atoms with van der Waals surface area (Å²) in [5.74, 6) is 0.0626. The van der Waals surface area contributed by atoms with Gasteiger partial charge in [-0.3, -0.25) is 0 Å². The maximum Gasteiger partial charge on any atom is 0.269 e. The number of rotatable bonds is 0. The molecule has 66 valence electrons. The maximum absolute atomic E-state index is 12.6. The lowest BCUT2D eigenvalue weighted by molar-refractivity contribution is 0.588. The number of aromatic nitrogens is 1. The number of thiazole rings is 1. The molecule has 0 spiro atoms. The summed E-state index contributed by atoms with van der Waals surface area (Å²) in [5.41, 5.74) is 0.618. The molecule has 0 atom stereocenters. The monoisotopic (exact) mass is 207 g/mol. The quantitative estimate of drug-likeness (QED) is 0.630. The average Bonchev–Trinajstić information content (AvgIpc) is 2.26. The van der Waals surface area contributed by atoms with Gasteiger partial charge in [0.2, 0.25) is 0 Å². The molecule has 1 aromatic rings. The first-order chi connectivity index (χ1) is 5.57. The van der Waals surface area contributed by atoms with Crippen LogP contribution in [0.4, 0.5) is 4.39 Å². The normalized spacial score (nSPS) is 20.4. The zero-order chi connectivity index (χ0) is 8.77. The molecular weight excluding hydrogens is 201 g/mol. The molecule has 1 aliphatic heterocycles. The van der Waals surface area contributed by atoms with Crippen LogP contribution in [0.15, 0.2) is 0 Å². The van der Waals surface area contributed by atoms with E-state index in [1.165, 1.54) is 0 Å². The van der Waals surface area contributed by atoms with Gasteiger partial charge in [0.25, 0.3) is 5.26 Å². The highest BCUT2D eigenvalue weighted by molar-refractivity contribution is 7.90. The summed E-state index contributed by atoms with van der Waals surface area (Å²) >= 11 is 0.836. The van der Waals surface area contributed by atoms with E-state index in [9.17, 15) is 12.8 Å². The van der Waals surface area contributed by atoms with E-state index in [2.05, 4.69) is 4.98 Å². The van der Waals surface area contributed by atoms with Crippen LogP contribution in [-0.4, -0.2) is 19.2 Å². The summed E-state index contributed by atoms with van der Waals surface area (Å²) in [6, 6.07) is 0. The highest BCUT2D eigenvalue weighted by Gasteiger charge is 2.24. The van der Waals surface area contributed by atoms with Gasteiger partial charge in [0.05, 0.1) is 17.2 Å². The summed E-state index contributed by atoms with van der Waals surface area (Å²) in [4.78, 5) is 4.17. The summed E-state index contributed by atoms with van der Waals surface area (Å²) in [7, 11) is -2.98. The number of hydrogen-bond acceptors (Lipinski definition) is 4. The molecule has 0 amide bonds. The number of halogens is 1. The summed E-state index contributed by atoms with van der Waals surface area (Å²) in [5, 5.41) is -0.530. The molecule has 2 heterocycles. The maximum atomic E-state index is 12.6. The second-order valence-electron chi connectivity index (χ2n) is 2.68. The number of aryl methyl sites for hydroxylation is 1. The fourth-order valence-corrected chi connectivity index (χ4v) is 3.80. The first kappa shape index (κ1) is 8.12. The van der Waals surface area contributed by atoms with Crippen LogP contribution in [-0.2, 0) is 22.0 Å². The Kier molecular flexibility index (Phi) is 1.69. The van der Waals surface area contributed by atoms with Crippen LogP contribution in [0.1, 0.15) is 10.6 Å². The Labute approximate surface area is 73.2 Å². The Morgan fingerprint density at radius 2 is 2.25 bits per heavy atom. The van der Waals surface area contributed by atoms with Crippen molar-refractivity contribution >= 4 is 21.2 Å². The molecule has 2 rings (SSSR count). The predicted molar refractivity (Wildman–Crippen MR) is 43.3 cm³/mol. The third-order valence-electron chi connectivity index (χ3n) is 1.75. The zero-order valence-corrected chi connectivity index (χ0v) is 7.71. The lowest BCUT2D eigenvalue weighted by atomic mass is 10.3. The molecule has 0 saturated carbocycles. The lowest BCUT2D eigenvalue weighted by Gasteiger charge is -2.08. The minimum atomic E-state index is -2.98. The molecule has 1 aromatic heterocycles. The van der Waals surface area contributed by atoms with Crippen LogP contribution >= 0.6 is 11.3 Å². The number of hydrogen-bond donors (Lipinski definition) is 0. The van der Waals surface area contributed by atoms with Gasteiger partial charge in [-0.05, 0) is 0 Å². The second-order valence-corrected chi connectivity index (χ2v) is 5.90. The molecule has 0 fully saturated rings. The van der Waals surface area contributed by atoms with Gasteiger partial charge in [-0.25, -0.2) is 13.4 Å². The standard InChI is InChI=1S/C6H6FNO2S2/c7-6-8-4-1-2-12(9,10)3-5(4)11-6/h1-3H2. The van der Waals surface area contributed by atoms with Gasteiger partial charge in [0.15, 0.2) is 9.84 Å². The molecule has 0 saturated heterocycles. The average molecular weight is 207 g/mol. The van der Waals surface area contributed by atoms with Crippen LogP contribution < -0.4 is 0 Å². The van der Waals surface area contributed by atoms with Crippen molar-refractivity contribution in [3.8, 4) is 0 Å². The van der Waals surface area contributed by atoms with Crippen molar-refractivity contribution in [1.29, 1.82) is 0 Å². The number of fused-ring (bicyclic) bond motifs is 1. The van der Waals surface area contributed by atoms with Gasteiger partial charge in [-0.1, -0.05) is 11.3 Å². The SMILES string of the molecule is O=S1(=O)CCc2nc(F)sc2C1. The Hall–Kier alpha value is -0.490. The summed E-state index contributed by atoms with van der Waals surface area (Å²) in [6.07, 6.45) is 0.359. The Morgan fingerprint density at radius 1 is 1.50 bits per heavy atom. The summed E-state index contributed by atoms with van der Waals surface area (Å²) in [6.45, 7) is 0. The van der Waals surface area contributed by atoms with E-state index >= 15 is 0 Å². The molecule has 0 unspecified atom stereocenters. The molecule has 0 bridgehead atoms. The molecule has 0 aromatic carbocycles. The fraction of sp³-hybridized carbons (Fsp3) is 0.500. The van der Waals surface area contributed by atoms with Gasteiger partial charge in [0, 0.05) is 11.3 Å². The highest BCUT2D eigenvalue weighted by atomic mass is 32.2. The Balaban J connectivity index is 2.47. The van der Waals surface area contributed by atoms with E-state index in [-0.39, 0.29) is 11.5 Å². The minimum absolute atomic E-state index is 0.0378. The predicted octanol–water partition coefficient (Wildman–Crippen LogP) is 0.753. The minimum Gasteiger partial charge on any atom is -0.228 e. The summed E-state index contributed by atoms with van der Waals surface area (Å²) < 4.78 is 34.7. The van der Waals surface area contributed by atoms with Crippen LogP contribution in [0.25, 0.3) is 0 Å². The van der Waals surface area contributed by atoms with Gasteiger partial charge in [0.1, 0.15) is 0 Å². The van der Waals surface area contributed by atoms with Crippen molar-refractivity contribution in [3.05, 3.63) is 15.8 Å². The van der Waals surface area contributed by atoms with E-state index in [0.717, 1.165) is 11.3 Å². The second kappa shape index (κ2) is 2.50. The van der Waals surface area contributed by atoms with Crippen molar-refractivity contribution in [2.45, 2.75) is 12.2 Å². The van der Waals surface area contributed by atoms with Crippen molar-refractivity contribution < 1.29 is 12.8 Å². The van der Waals surface area contributed by atoms with Gasteiger partial charge in [-0.15, -0.1) is 0 Å². The van der Waals surface area contributed by atoms with Gasteiger partial charge >= 0.3 is 0 Å². The molecule has 0 radical (unpaired) electrons.